The Morgan fingerprint density at radius 1 is 1.10 bits per heavy atom. The van der Waals surface area contributed by atoms with E-state index >= 15 is 0 Å². The van der Waals surface area contributed by atoms with Crippen molar-refractivity contribution in [2.45, 2.75) is 33.7 Å². The molecule has 0 radical (unpaired) electrons. The van der Waals surface area contributed by atoms with Gasteiger partial charge in [-0.2, -0.15) is 0 Å². The summed E-state index contributed by atoms with van der Waals surface area (Å²) in [5.41, 5.74) is 3.68. The summed E-state index contributed by atoms with van der Waals surface area (Å²) in [6, 6.07) is 10.1. The van der Waals surface area contributed by atoms with E-state index < -0.39 is 0 Å². The van der Waals surface area contributed by atoms with Crippen LogP contribution in [-0.2, 0) is 6.54 Å². The standard InChI is InChI=1S/C17H22N2O/c1-4-8-18-12-15-7-9-19-17(11-15)20-16-6-5-13(2)14(3)10-16/h5-7,9-11,18H,4,8,12H2,1-3H3. The molecule has 3 heteroatoms. The minimum absolute atomic E-state index is 0.643. The van der Waals surface area contributed by atoms with Crippen molar-refractivity contribution in [3.63, 3.8) is 0 Å². The van der Waals surface area contributed by atoms with Crippen LogP contribution in [0.3, 0.4) is 0 Å². The lowest BCUT2D eigenvalue weighted by molar-refractivity contribution is 0.461. The van der Waals surface area contributed by atoms with Gasteiger partial charge in [0.1, 0.15) is 5.75 Å². The van der Waals surface area contributed by atoms with Crippen LogP contribution in [0.15, 0.2) is 36.5 Å². The highest BCUT2D eigenvalue weighted by Crippen LogP contribution is 2.22. The number of aromatic nitrogens is 1. The average Bonchev–Trinajstić information content (AvgIpc) is 2.44. The summed E-state index contributed by atoms with van der Waals surface area (Å²) in [6.07, 6.45) is 2.93. The maximum absolute atomic E-state index is 5.82. The summed E-state index contributed by atoms with van der Waals surface area (Å²) < 4.78 is 5.82. The van der Waals surface area contributed by atoms with Gasteiger partial charge in [-0.25, -0.2) is 4.98 Å². The second-order valence-corrected chi connectivity index (χ2v) is 5.03. The van der Waals surface area contributed by atoms with Crippen LogP contribution in [0.1, 0.15) is 30.0 Å². The first kappa shape index (κ1) is 14.5. The van der Waals surface area contributed by atoms with Gasteiger partial charge in [-0.3, -0.25) is 0 Å². The molecule has 1 heterocycles. The zero-order chi connectivity index (χ0) is 14.4. The molecular weight excluding hydrogens is 248 g/mol. The molecular formula is C17H22N2O. The first-order chi connectivity index (χ1) is 9.69. The van der Waals surface area contributed by atoms with E-state index in [1.807, 2.05) is 24.3 Å². The van der Waals surface area contributed by atoms with Gasteiger partial charge in [0.2, 0.25) is 5.88 Å². The highest BCUT2D eigenvalue weighted by molar-refractivity contribution is 5.36. The highest BCUT2D eigenvalue weighted by Gasteiger charge is 2.02. The first-order valence-electron chi connectivity index (χ1n) is 7.10. The lowest BCUT2D eigenvalue weighted by Crippen LogP contribution is -2.13. The predicted molar refractivity (Wildman–Crippen MR) is 82.2 cm³/mol. The maximum atomic E-state index is 5.82. The van der Waals surface area contributed by atoms with E-state index in [0.717, 1.165) is 25.3 Å². The summed E-state index contributed by atoms with van der Waals surface area (Å²) in [6.45, 7) is 8.21. The molecule has 20 heavy (non-hydrogen) atoms. The van der Waals surface area contributed by atoms with Crippen molar-refractivity contribution >= 4 is 0 Å². The number of benzene rings is 1. The maximum Gasteiger partial charge on any atom is 0.219 e. The smallest absolute Gasteiger partial charge is 0.219 e. The Morgan fingerprint density at radius 2 is 1.95 bits per heavy atom. The number of rotatable bonds is 6. The van der Waals surface area contributed by atoms with E-state index in [1.165, 1.54) is 16.7 Å². The van der Waals surface area contributed by atoms with Gasteiger partial charge in [0, 0.05) is 18.8 Å². The van der Waals surface area contributed by atoms with Crippen LogP contribution in [0, 0.1) is 13.8 Å². The first-order valence-corrected chi connectivity index (χ1v) is 7.10. The van der Waals surface area contributed by atoms with E-state index in [0.29, 0.717) is 5.88 Å². The molecule has 0 aliphatic rings. The molecule has 0 spiro atoms. The number of nitrogens with zero attached hydrogens (tertiary/aromatic N) is 1. The fourth-order valence-corrected chi connectivity index (χ4v) is 1.92. The third-order valence-electron chi connectivity index (χ3n) is 3.26. The fourth-order valence-electron chi connectivity index (χ4n) is 1.92. The van der Waals surface area contributed by atoms with Crippen molar-refractivity contribution in [3.05, 3.63) is 53.2 Å². The van der Waals surface area contributed by atoms with E-state index in [1.54, 1.807) is 6.20 Å². The molecule has 1 N–H and O–H groups in total. The van der Waals surface area contributed by atoms with Gasteiger partial charge in [0.15, 0.2) is 0 Å². The van der Waals surface area contributed by atoms with Crippen molar-refractivity contribution in [1.82, 2.24) is 10.3 Å². The molecule has 0 bridgehead atoms. The molecule has 2 aromatic rings. The van der Waals surface area contributed by atoms with Crippen LogP contribution in [0.5, 0.6) is 11.6 Å². The summed E-state index contributed by atoms with van der Waals surface area (Å²) in [5, 5.41) is 3.38. The van der Waals surface area contributed by atoms with Gasteiger partial charge in [-0.05, 0) is 61.7 Å². The number of aryl methyl sites for hydroxylation is 2. The zero-order valence-electron chi connectivity index (χ0n) is 12.4. The molecule has 3 nitrogen and oxygen atoms in total. The average molecular weight is 270 g/mol. The molecule has 0 saturated carbocycles. The molecule has 0 aliphatic carbocycles. The third-order valence-corrected chi connectivity index (χ3v) is 3.26. The van der Waals surface area contributed by atoms with Gasteiger partial charge in [0.25, 0.3) is 0 Å². The Balaban J connectivity index is 2.05. The van der Waals surface area contributed by atoms with Crippen LogP contribution in [-0.4, -0.2) is 11.5 Å². The molecule has 0 fully saturated rings. The van der Waals surface area contributed by atoms with Crippen LogP contribution in [0.25, 0.3) is 0 Å². The number of ether oxygens (including phenoxy) is 1. The van der Waals surface area contributed by atoms with E-state index in [4.69, 9.17) is 4.74 Å². The molecule has 0 unspecified atom stereocenters. The number of hydrogen-bond acceptors (Lipinski definition) is 3. The minimum atomic E-state index is 0.643. The quantitative estimate of drug-likeness (QED) is 0.806. The summed E-state index contributed by atoms with van der Waals surface area (Å²) in [5.74, 6) is 1.48. The number of hydrogen-bond donors (Lipinski definition) is 1. The predicted octanol–water partition coefficient (Wildman–Crippen LogP) is 3.99. The molecule has 0 atom stereocenters. The summed E-state index contributed by atoms with van der Waals surface area (Å²) in [7, 11) is 0. The van der Waals surface area contributed by atoms with Crippen LogP contribution in [0.4, 0.5) is 0 Å². The van der Waals surface area contributed by atoms with E-state index in [2.05, 4.69) is 37.1 Å². The summed E-state index contributed by atoms with van der Waals surface area (Å²) >= 11 is 0. The molecule has 1 aromatic carbocycles. The van der Waals surface area contributed by atoms with Crippen molar-refractivity contribution in [2.24, 2.45) is 0 Å². The largest absolute Gasteiger partial charge is 0.439 e. The lowest BCUT2D eigenvalue weighted by Gasteiger charge is -2.09. The molecule has 106 valence electrons. The third kappa shape index (κ3) is 4.07. The van der Waals surface area contributed by atoms with Gasteiger partial charge in [0.05, 0.1) is 0 Å². The Bertz CT molecular complexity index is 567. The Morgan fingerprint density at radius 3 is 2.70 bits per heavy atom. The number of pyridine rings is 1. The van der Waals surface area contributed by atoms with Crippen molar-refractivity contribution in [2.75, 3.05) is 6.54 Å². The SMILES string of the molecule is CCCNCc1ccnc(Oc2ccc(C)c(C)c2)c1. The van der Waals surface area contributed by atoms with Crippen LogP contribution < -0.4 is 10.1 Å². The van der Waals surface area contributed by atoms with Crippen molar-refractivity contribution in [1.29, 1.82) is 0 Å². The highest BCUT2D eigenvalue weighted by atomic mass is 16.5. The molecule has 1 aromatic heterocycles. The Kier molecular flexibility index (Phi) is 5.13. The number of nitrogens with one attached hydrogen (secondary N) is 1. The monoisotopic (exact) mass is 270 g/mol. The second-order valence-electron chi connectivity index (χ2n) is 5.03. The normalized spacial score (nSPS) is 10.6. The van der Waals surface area contributed by atoms with Crippen LogP contribution >= 0.6 is 0 Å². The zero-order valence-corrected chi connectivity index (χ0v) is 12.4. The van der Waals surface area contributed by atoms with E-state index in [-0.39, 0.29) is 0 Å². The fraction of sp³-hybridized carbons (Fsp3) is 0.353. The summed E-state index contributed by atoms with van der Waals surface area (Å²) in [4.78, 5) is 4.27. The van der Waals surface area contributed by atoms with Crippen molar-refractivity contribution in [3.8, 4) is 11.6 Å². The Labute approximate surface area is 121 Å². The van der Waals surface area contributed by atoms with Gasteiger partial charge < -0.3 is 10.1 Å². The minimum Gasteiger partial charge on any atom is -0.439 e. The molecule has 0 aliphatic heterocycles. The van der Waals surface area contributed by atoms with Crippen LogP contribution in [0.2, 0.25) is 0 Å². The second kappa shape index (κ2) is 7.06. The van der Waals surface area contributed by atoms with Crippen molar-refractivity contribution < 1.29 is 4.74 Å². The van der Waals surface area contributed by atoms with Gasteiger partial charge in [-0.1, -0.05) is 13.0 Å². The van der Waals surface area contributed by atoms with Gasteiger partial charge >= 0.3 is 0 Å². The van der Waals surface area contributed by atoms with E-state index in [9.17, 15) is 0 Å². The molecule has 0 saturated heterocycles. The van der Waals surface area contributed by atoms with Gasteiger partial charge in [-0.15, -0.1) is 0 Å². The topological polar surface area (TPSA) is 34.2 Å². The Hall–Kier alpha value is -1.87. The molecule has 2 rings (SSSR count). The lowest BCUT2D eigenvalue weighted by atomic mass is 10.1. The molecule has 0 amide bonds.